The van der Waals surface area contributed by atoms with Crippen LogP contribution >= 0.6 is 27.3 Å². The van der Waals surface area contributed by atoms with Crippen molar-refractivity contribution in [2.24, 2.45) is 0 Å². The van der Waals surface area contributed by atoms with Crippen LogP contribution in [0.1, 0.15) is 4.88 Å². The Balaban J connectivity index is 2.02. The van der Waals surface area contributed by atoms with Gasteiger partial charge in [-0.05, 0) is 28.1 Å². The Morgan fingerprint density at radius 1 is 1.47 bits per heavy atom. The van der Waals surface area contributed by atoms with Gasteiger partial charge in [0, 0.05) is 4.88 Å². The molecule has 0 fully saturated rings. The van der Waals surface area contributed by atoms with Crippen LogP contribution < -0.4 is 11.1 Å². The second-order valence-electron chi connectivity index (χ2n) is 2.89. The first-order chi connectivity index (χ1) is 7.25. The summed E-state index contributed by atoms with van der Waals surface area (Å²) in [6.45, 7) is 0.720. The van der Waals surface area contributed by atoms with Crippen molar-refractivity contribution in [3.05, 3.63) is 33.3 Å². The number of nitrogens with zero attached hydrogens (tertiary/aromatic N) is 2. The van der Waals surface area contributed by atoms with Gasteiger partial charge in [0.2, 0.25) is 0 Å². The Morgan fingerprint density at radius 2 is 2.33 bits per heavy atom. The molecule has 3 N–H and O–H groups in total. The molecular weight excluding hydrogens is 276 g/mol. The number of aromatic nitrogens is 2. The fraction of sp³-hybridized carbons (Fsp3) is 0.111. The number of hydrogen-bond donors (Lipinski definition) is 2. The number of hydrogen-bond acceptors (Lipinski definition) is 5. The lowest BCUT2D eigenvalue weighted by Gasteiger charge is -2.05. The molecule has 2 aromatic heterocycles. The predicted octanol–water partition coefficient (Wildman–Crippen LogP) is 2.49. The Kier molecular flexibility index (Phi) is 3.17. The molecule has 15 heavy (non-hydrogen) atoms. The molecule has 0 saturated carbocycles. The quantitative estimate of drug-likeness (QED) is 0.909. The third-order valence-electron chi connectivity index (χ3n) is 1.80. The van der Waals surface area contributed by atoms with Gasteiger partial charge in [-0.25, -0.2) is 9.97 Å². The maximum absolute atomic E-state index is 5.70. The molecule has 4 nitrogen and oxygen atoms in total. The minimum atomic E-state index is 0.563. The van der Waals surface area contributed by atoms with Gasteiger partial charge in [0.05, 0.1) is 22.2 Å². The van der Waals surface area contributed by atoms with Crippen LogP contribution in [-0.4, -0.2) is 9.97 Å². The first-order valence-corrected chi connectivity index (χ1v) is 5.90. The van der Waals surface area contributed by atoms with Crippen LogP contribution in [-0.2, 0) is 6.54 Å². The largest absolute Gasteiger partial charge is 0.394 e. The van der Waals surface area contributed by atoms with Gasteiger partial charge in [0.25, 0.3) is 0 Å². The normalized spacial score (nSPS) is 10.2. The summed E-state index contributed by atoms with van der Waals surface area (Å²) in [5, 5.41) is 3.16. The van der Waals surface area contributed by atoms with E-state index >= 15 is 0 Å². The molecular formula is C9H9BrN4S. The summed E-state index contributed by atoms with van der Waals surface area (Å²) in [4.78, 5) is 9.09. The molecule has 0 aliphatic carbocycles. The van der Waals surface area contributed by atoms with Crippen molar-refractivity contribution in [3.8, 4) is 0 Å². The van der Waals surface area contributed by atoms with Crippen LogP contribution in [0.2, 0.25) is 0 Å². The third-order valence-corrected chi connectivity index (χ3v) is 3.42. The number of thiophene rings is 1. The van der Waals surface area contributed by atoms with E-state index in [0.29, 0.717) is 11.5 Å². The van der Waals surface area contributed by atoms with E-state index in [1.54, 1.807) is 17.5 Å². The molecule has 0 unspecified atom stereocenters. The number of rotatable bonds is 3. The summed E-state index contributed by atoms with van der Waals surface area (Å²) >= 11 is 5.10. The zero-order chi connectivity index (χ0) is 10.7. The number of nitrogens with one attached hydrogen (secondary N) is 1. The fourth-order valence-corrected chi connectivity index (χ4v) is 2.53. The maximum atomic E-state index is 5.70. The number of nitrogen functional groups attached to an aromatic ring is 1. The molecule has 0 atom stereocenters. The lowest BCUT2D eigenvalue weighted by molar-refractivity contribution is 1.10. The average molecular weight is 285 g/mol. The molecule has 78 valence electrons. The van der Waals surface area contributed by atoms with E-state index in [0.717, 1.165) is 10.3 Å². The molecule has 2 aromatic rings. The molecule has 0 amide bonds. The van der Waals surface area contributed by atoms with Crippen molar-refractivity contribution in [2.45, 2.75) is 6.54 Å². The smallest absolute Gasteiger partial charge is 0.152 e. The molecule has 0 saturated heterocycles. The van der Waals surface area contributed by atoms with Crippen LogP contribution in [0, 0.1) is 0 Å². The van der Waals surface area contributed by atoms with Gasteiger partial charge in [0.1, 0.15) is 6.33 Å². The van der Waals surface area contributed by atoms with Gasteiger partial charge in [0.15, 0.2) is 5.82 Å². The lowest BCUT2D eigenvalue weighted by Crippen LogP contribution is -2.03. The average Bonchev–Trinajstić information content (AvgIpc) is 2.63. The van der Waals surface area contributed by atoms with Crippen molar-refractivity contribution >= 4 is 38.8 Å². The van der Waals surface area contributed by atoms with Crippen LogP contribution in [0.4, 0.5) is 11.5 Å². The second kappa shape index (κ2) is 4.59. The van der Waals surface area contributed by atoms with Crippen molar-refractivity contribution in [1.29, 1.82) is 0 Å². The monoisotopic (exact) mass is 284 g/mol. The minimum absolute atomic E-state index is 0.563. The van der Waals surface area contributed by atoms with E-state index in [-0.39, 0.29) is 0 Å². The molecule has 0 aliphatic heterocycles. The van der Waals surface area contributed by atoms with Gasteiger partial charge in [-0.2, -0.15) is 0 Å². The molecule has 0 aliphatic rings. The minimum Gasteiger partial charge on any atom is -0.394 e. The summed E-state index contributed by atoms with van der Waals surface area (Å²) < 4.78 is 1.12. The van der Waals surface area contributed by atoms with E-state index in [1.807, 2.05) is 6.07 Å². The standard InChI is InChI=1S/C9H9BrN4S/c10-8-2-1-6(15-8)3-13-9-7(11)4-12-5-14-9/h1-2,4-5H,3,11H2,(H,12,13,14). The van der Waals surface area contributed by atoms with E-state index in [4.69, 9.17) is 5.73 Å². The van der Waals surface area contributed by atoms with Gasteiger partial charge in [-0.3, -0.25) is 0 Å². The summed E-state index contributed by atoms with van der Waals surface area (Å²) in [6, 6.07) is 4.07. The number of halogens is 1. The fourth-order valence-electron chi connectivity index (χ4n) is 1.11. The zero-order valence-corrected chi connectivity index (χ0v) is 10.2. The van der Waals surface area contributed by atoms with E-state index < -0.39 is 0 Å². The third kappa shape index (κ3) is 2.66. The number of anilines is 2. The van der Waals surface area contributed by atoms with Crippen molar-refractivity contribution in [1.82, 2.24) is 9.97 Å². The zero-order valence-electron chi connectivity index (χ0n) is 7.77. The first kappa shape index (κ1) is 10.4. The highest BCUT2D eigenvalue weighted by molar-refractivity contribution is 9.11. The highest BCUT2D eigenvalue weighted by Gasteiger charge is 2.01. The Bertz CT molecular complexity index is 457. The SMILES string of the molecule is Nc1cncnc1NCc1ccc(Br)s1. The topological polar surface area (TPSA) is 63.8 Å². The molecule has 0 bridgehead atoms. The second-order valence-corrected chi connectivity index (χ2v) is 5.43. The van der Waals surface area contributed by atoms with Crippen LogP contribution in [0.3, 0.4) is 0 Å². The lowest BCUT2D eigenvalue weighted by atomic mass is 10.4. The first-order valence-electron chi connectivity index (χ1n) is 4.29. The van der Waals surface area contributed by atoms with Crippen LogP contribution in [0.15, 0.2) is 28.4 Å². The van der Waals surface area contributed by atoms with Gasteiger partial charge >= 0.3 is 0 Å². The van der Waals surface area contributed by atoms with E-state index in [1.165, 1.54) is 11.2 Å². The molecule has 2 rings (SSSR count). The van der Waals surface area contributed by atoms with E-state index in [2.05, 4.69) is 37.3 Å². The Morgan fingerprint density at radius 3 is 3.00 bits per heavy atom. The van der Waals surface area contributed by atoms with Crippen molar-refractivity contribution in [3.63, 3.8) is 0 Å². The van der Waals surface area contributed by atoms with Crippen molar-refractivity contribution < 1.29 is 0 Å². The number of nitrogens with two attached hydrogens (primary N) is 1. The van der Waals surface area contributed by atoms with Gasteiger partial charge in [-0.15, -0.1) is 11.3 Å². The summed E-state index contributed by atoms with van der Waals surface area (Å²) in [7, 11) is 0. The highest BCUT2D eigenvalue weighted by atomic mass is 79.9. The molecule has 0 spiro atoms. The Hall–Kier alpha value is -1.14. The van der Waals surface area contributed by atoms with Crippen LogP contribution in [0.5, 0.6) is 0 Å². The van der Waals surface area contributed by atoms with Gasteiger partial charge in [-0.1, -0.05) is 0 Å². The molecule has 0 radical (unpaired) electrons. The summed E-state index contributed by atoms with van der Waals surface area (Å²) in [5.74, 6) is 0.675. The Labute approximate surface area is 99.7 Å². The molecule has 0 aromatic carbocycles. The maximum Gasteiger partial charge on any atom is 0.152 e. The van der Waals surface area contributed by atoms with Crippen LogP contribution in [0.25, 0.3) is 0 Å². The summed E-state index contributed by atoms with van der Waals surface area (Å²) in [6.07, 6.45) is 3.06. The molecule has 6 heteroatoms. The van der Waals surface area contributed by atoms with E-state index in [9.17, 15) is 0 Å². The predicted molar refractivity (Wildman–Crippen MR) is 65.8 cm³/mol. The van der Waals surface area contributed by atoms with Gasteiger partial charge < -0.3 is 11.1 Å². The molecule has 2 heterocycles. The summed E-state index contributed by atoms with van der Waals surface area (Å²) in [5.41, 5.74) is 6.26. The van der Waals surface area contributed by atoms with Crippen molar-refractivity contribution in [2.75, 3.05) is 11.1 Å². The highest BCUT2D eigenvalue weighted by Crippen LogP contribution is 2.23.